The van der Waals surface area contributed by atoms with E-state index in [1.165, 1.54) is 12.8 Å². The fourth-order valence-corrected chi connectivity index (χ4v) is 7.56. The summed E-state index contributed by atoms with van der Waals surface area (Å²) < 4.78 is 9.27. The smallest absolute Gasteiger partial charge is 0.152 e. The van der Waals surface area contributed by atoms with Gasteiger partial charge in [0.1, 0.15) is 17.4 Å². The molecule has 2 saturated heterocycles. The van der Waals surface area contributed by atoms with Gasteiger partial charge in [-0.25, -0.2) is 9.97 Å². The number of aryl methyl sites for hydroxylation is 1. The normalized spacial score (nSPS) is 20.8. The number of hydrogen-bond acceptors (Lipinski definition) is 5. The predicted molar refractivity (Wildman–Crippen MR) is 177 cm³/mol. The van der Waals surface area contributed by atoms with E-state index >= 15 is 0 Å². The van der Waals surface area contributed by atoms with E-state index in [0.29, 0.717) is 11.1 Å². The number of fused-ring (bicyclic) bond motifs is 5. The highest BCUT2D eigenvalue weighted by Gasteiger charge is 2.33. The van der Waals surface area contributed by atoms with Gasteiger partial charge in [0, 0.05) is 45.2 Å². The molecule has 1 unspecified atom stereocenters. The van der Waals surface area contributed by atoms with Crippen LogP contribution in [0.25, 0.3) is 44.7 Å². The van der Waals surface area contributed by atoms with Crippen molar-refractivity contribution in [2.45, 2.75) is 43.9 Å². The van der Waals surface area contributed by atoms with E-state index in [1.807, 2.05) is 24.5 Å². The standard InChI is InChI=1S/C36H34ClN7O/c1-44-30-13-9-21(28-18-40-35(42-28)26-4-2-14-38-26)16-25(30)32-33(44)24-12-8-22(29-19-41-36(43-29)27-5-3-15-39-27)17-31(24)45-34(32)20-6-10-23(37)11-7-20/h6-13,16-19,26-27,34,38-39H,2-5,14-15H2,1H3,(H,40,42)(H,41,43)/t26-,27-,34?/m0/s1. The number of aromatic amines is 2. The molecule has 0 aliphatic carbocycles. The zero-order valence-corrected chi connectivity index (χ0v) is 25.8. The zero-order chi connectivity index (χ0) is 30.1. The summed E-state index contributed by atoms with van der Waals surface area (Å²) in [6, 6.07) is 21.8. The molecule has 0 amide bonds. The van der Waals surface area contributed by atoms with Crippen LogP contribution in [-0.4, -0.2) is 37.6 Å². The minimum atomic E-state index is -0.306. The lowest BCUT2D eigenvalue weighted by Gasteiger charge is -2.28. The molecule has 6 heterocycles. The summed E-state index contributed by atoms with van der Waals surface area (Å²) in [5, 5.41) is 8.95. The Bertz CT molecular complexity index is 2040. The zero-order valence-electron chi connectivity index (χ0n) is 25.0. The van der Waals surface area contributed by atoms with Gasteiger partial charge in [0.05, 0.1) is 41.6 Å². The Balaban J connectivity index is 1.17. The van der Waals surface area contributed by atoms with Crippen LogP contribution in [-0.2, 0) is 7.05 Å². The maximum atomic E-state index is 6.96. The van der Waals surface area contributed by atoms with Gasteiger partial charge in [-0.05, 0) is 80.7 Å². The average molecular weight is 616 g/mol. The Morgan fingerprint density at radius 1 is 0.800 bits per heavy atom. The second-order valence-corrected chi connectivity index (χ2v) is 12.9. The molecular weight excluding hydrogens is 582 g/mol. The van der Waals surface area contributed by atoms with Crippen LogP contribution in [0.5, 0.6) is 5.75 Å². The second-order valence-electron chi connectivity index (χ2n) is 12.5. The molecule has 3 aromatic carbocycles. The summed E-state index contributed by atoms with van der Waals surface area (Å²) in [6.07, 6.45) is 8.16. The first-order chi connectivity index (χ1) is 22.1. The number of nitrogens with zero attached hydrogens (tertiary/aromatic N) is 3. The Hall–Kier alpha value is -4.37. The third kappa shape index (κ3) is 4.50. The molecular formula is C36H34ClN7O. The van der Waals surface area contributed by atoms with Gasteiger partial charge in [-0.15, -0.1) is 0 Å². The van der Waals surface area contributed by atoms with Crippen molar-refractivity contribution in [3.05, 3.63) is 101 Å². The van der Waals surface area contributed by atoms with Crippen LogP contribution in [0.1, 0.15) is 66.6 Å². The Labute approximate surface area is 266 Å². The van der Waals surface area contributed by atoms with Gasteiger partial charge in [0.2, 0.25) is 0 Å². The van der Waals surface area contributed by atoms with Crippen LogP contribution in [0.15, 0.2) is 73.1 Å². The number of benzene rings is 3. The molecule has 3 aliphatic heterocycles. The molecule has 4 N–H and O–H groups in total. The lowest BCUT2D eigenvalue weighted by atomic mass is 9.91. The highest BCUT2D eigenvalue weighted by molar-refractivity contribution is 6.30. The fourth-order valence-electron chi connectivity index (χ4n) is 7.43. The molecule has 3 aliphatic rings. The molecule has 9 rings (SSSR count). The van der Waals surface area contributed by atoms with Crippen LogP contribution in [0.4, 0.5) is 0 Å². The van der Waals surface area contributed by atoms with Gasteiger partial charge < -0.3 is 29.9 Å². The number of imidazole rings is 2. The third-order valence-corrected chi connectivity index (χ3v) is 10.0. The number of hydrogen-bond donors (Lipinski definition) is 4. The topological polar surface area (TPSA) is 95.6 Å². The van der Waals surface area contributed by atoms with Crippen LogP contribution >= 0.6 is 11.6 Å². The van der Waals surface area contributed by atoms with Gasteiger partial charge in [-0.1, -0.05) is 35.9 Å². The molecule has 8 nitrogen and oxygen atoms in total. The molecule has 6 aromatic rings. The highest BCUT2D eigenvalue weighted by Crippen LogP contribution is 2.50. The Kier molecular flexibility index (Phi) is 6.37. The largest absolute Gasteiger partial charge is 0.480 e. The van der Waals surface area contributed by atoms with Crippen molar-refractivity contribution in [1.29, 1.82) is 0 Å². The number of aromatic nitrogens is 5. The Morgan fingerprint density at radius 2 is 1.44 bits per heavy atom. The summed E-state index contributed by atoms with van der Waals surface area (Å²) >= 11 is 6.33. The maximum absolute atomic E-state index is 6.96. The molecule has 9 heteroatoms. The molecule has 0 saturated carbocycles. The highest BCUT2D eigenvalue weighted by atomic mass is 35.5. The third-order valence-electron chi connectivity index (χ3n) is 9.75. The molecule has 0 bridgehead atoms. The van der Waals surface area contributed by atoms with Gasteiger partial charge in [-0.2, -0.15) is 0 Å². The minimum Gasteiger partial charge on any atom is -0.480 e. The molecule has 0 radical (unpaired) electrons. The van der Waals surface area contributed by atoms with E-state index in [4.69, 9.17) is 26.3 Å². The van der Waals surface area contributed by atoms with Crippen molar-refractivity contribution in [2.75, 3.05) is 13.1 Å². The first-order valence-electron chi connectivity index (χ1n) is 15.9. The molecule has 3 atom stereocenters. The minimum absolute atomic E-state index is 0.290. The molecule has 2 fully saturated rings. The number of halogens is 1. The molecule has 3 aromatic heterocycles. The van der Waals surface area contributed by atoms with Crippen LogP contribution in [0.2, 0.25) is 5.02 Å². The lowest BCUT2D eigenvalue weighted by Crippen LogP contribution is -2.16. The molecule has 0 spiro atoms. The number of ether oxygens (including phenoxy) is 1. The fraction of sp³-hybridized carbons (Fsp3) is 0.278. The lowest BCUT2D eigenvalue weighted by molar-refractivity contribution is 0.245. The Morgan fingerprint density at radius 3 is 2.09 bits per heavy atom. The maximum Gasteiger partial charge on any atom is 0.152 e. The van der Waals surface area contributed by atoms with Crippen molar-refractivity contribution in [3.63, 3.8) is 0 Å². The van der Waals surface area contributed by atoms with E-state index in [2.05, 4.69) is 80.7 Å². The number of rotatable bonds is 5. The monoisotopic (exact) mass is 615 g/mol. The summed E-state index contributed by atoms with van der Waals surface area (Å²) in [5.41, 5.74) is 9.78. The summed E-state index contributed by atoms with van der Waals surface area (Å²) in [5.74, 6) is 2.85. The molecule has 226 valence electrons. The summed E-state index contributed by atoms with van der Waals surface area (Å²) in [7, 11) is 2.15. The van der Waals surface area contributed by atoms with E-state index in [0.717, 1.165) is 99.1 Å². The van der Waals surface area contributed by atoms with E-state index in [-0.39, 0.29) is 12.1 Å². The SMILES string of the molecule is Cn1c2c(c3cc(-c4cnc([C@@H]5CCCN5)[nH]4)ccc31)C(c1ccc(Cl)cc1)Oc1cc(-c3cnc([C@@H]4CCCN4)[nH]3)ccc1-2. The first-order valence-corrected chi connectivity index (χ1v) is 16.2. The van der Waals surface area contributed by atoms with E-state index < -0.39 is 0 Å². The van der Waals surface area contributed by atoms with Crippen molar-refractivity contribution < 1.29 is 4.74 Å². The van der Waals surface area contributed by atoms with Gasteiger partial charge >= 0.3 is 0 Å². The summed E-state index contributed by atoms with van der Waals surface area (Å²) in [6.45, 7) is 2.08. The van der Waals surface area contributed by atoms with Crippen molar-refractivity contribution in [2.24, 2.45) is 7.05 Å². The van der Waals surface area contributed by atoms with Crippen LogP contribution < -0.4 is 15.4 Å². The molecule has 45 heavy (non-hydrogen) atoms. The second kappa shape index (κ2) is 10.6. The van der Waals surface area contributed by atoms with Crippen LogP contribution in [0.3, 0.4) is 0 Å². The van der Waals surface area contributed by atoms with Gasteiger partial charge in [0.15, 0.2) is 6.10 Å². The van der Waals surface area contributed by atoms with E-state index in [9.17, 15) is 0 Å². The van der Waals surface area contributed by atoms with E-state index in [1.54, 1.807) is 0 Å². The quantitative estimate of drug-likeness (QED) is 0.160. The van der Waals surface area contributed by atoms with Crippen molar-refractivity contribution in [1.82, 2.24) is 35.1 Å². The predicted octanol–water partition coefficient (Wildman–Crippen LogP) is 7.61. The van der Waals surface area contributed by atoms with Gasteiger partial charge in [-0.3, -0.25) is 0 Å². The first kappa shape index (κ1) is 27.0. The number of nitrogens with one attached hydrogen (secondary N) is 4. The summed E-state index contributed by atoms with van der Waals surface area (Å²) in [4.78, 5) is 16.6. The number of H-pyrrole nitrogens is 2. The van der Waals surface area contributed by atoms with Crippen molar-refractivity contribution >= 4 is 22.5 Å². The average Bonchev–Trinajstić information content (AvgIpc) is 3.91. The van der Waals surface area contributed by atoms with Crippen molar-refractivity contribution in [3.8, 4) is 39.5 Å². The van der Waals surface area contributed by atoms with Gasteiger partial charge in [0.25, 0.3) is 0 Å². The van der Waals surface area contributed by atoms with Crippen LogP contribution in [0, 0.1) is 0 Å².